The zero-order chi connectivity index (χ0) is 18.5. The van der Waals surface area contributed by atoms with Gasteiger partial charge in [0.1, 0.15) is 5.75 Å². The van der Waals surface area contributed by atoms with Crippen LogP contribution in [0.1, 0.15) is 5.56 Å². The van der Waals surface area contributed by atoms with Gasteiger partial charge in [0.25, 0.3) is 5.91 Å². The third-order valence-electron chi connectivity index (χ3n) is 4.52. The number of phenolic OH excluding ortho intramolecular Hbond substituents is 1. The zero-order valence-electron chi connectivity index (χ0n) is 15.1. The van der Waals surface area contributed by atoms with Crippen molar-refractivity contribution >= 4 is 11.6 Å². The zero-order valence-corrected chi connectivity index (χ0v) is 15.1. The van der Waals surface area contributed by atoms with Crippen LogP contribution in [-0.4, -0.2) is 55.8 Å². The van der Waals surface area contributed by atoms with Crippen LogP contribution in [0.2, 0.25) is 0 Å². The second kappa shape index (κ2) is 7.99. The van der Waals surface area contributed by atoms with Crippen LogP contribution in [0.25, 0.3) is 0 Å². The summed E-state index contributed by atoms with van der Waals surface area (Å²) in [5, 5.41) is 9.38. The number of carbonyl (C=O) groups excluding carboxylic acids is 1. The second-order valence-electron chi connectivity index (χ2n) is 6.33. The van der Waals surface area contributed by atoms with E-state index in [4.69, 9.17) is 9.47 Å². The van der Waals surface area contributed by atoms with Crippen LogP contribution in [0.3, 0.4) is 0 Å². The summed E-state index contributed by atoms with van der Waals surface area (Å²) in [5.41, 5.74) is 2.13. The number of aromatic hydroxyl groups is 1. The number of ether oxygens (including phenoxy) is 2. The molecule has 0 atom stereocenters. The molecule has 0 saturated carbocycles. The van der Waals surface area contributed by atoms with Gasteiger partial charge in [-0.15, -0.1) is 0 Å². The maximum atomic E-state index is 12.4. The van der Waals surface area contributed by atoms with E-state index in [9.17, 15) is 9.90 Å². The number of methoxy groups -OCH3 is 1. The number of anilines is 1. The maximum absolute atomic E-state index is 12.4. The van der Waals surface area contributed by atoms with Crippen molar-refractivity contribution in [2.45, 2.75) is 6.92 Å². The number of phenols is 1. The van der Waals surface area contributed by atoms with Gasteiger partial charge < -0.3 is 24.4 Å². The fourth-order valence-electron chi connectivity index (χ4n) is 3.00. The van der Waals surface area contributed by atoms with Crippen molar-refractivity contribution in [2.75, 3.05) is 44.8 Å². The van der Waals surface area contributed by atoms with Gasteiger partial charge in [-0.25, -0.2) is 0 Å². The molecule has 0 aromatic heterocycles. The molecular formula is C20H24N2O4. The minimum Gasteiger partial charge on any atom is -0.508 e. The van der Waals surface area contributed by atoms with Crippen LogP contribution >= 0.6 is 0 Å². The molecule has 1 fully saturated rings. The summed E-state index contributed by atoms with van der Waals surface area (Å²) in [7, 11) is 1.59. The average Bonchev–Trinajstić information content (AvgIpc) is 2.67. The summed E-state index contributed by atoms with van der Waals surface area (Å²) in [5.74, 6) is 1.44. The van der Waals surface area contributed by atoms with E-state index in [1.165, 1.54) is 0 Å². The summed E-state index contributed by atoms with van der Waals surface area (Å²) < 4.78 is 11.0. The number of carbonyl (C=O) groups is 1. The number of hydrogen-bond donors (Lipinski definition) is 1. The van der Waals surface area contributed by atoms with Gasteiger partial charge in [-0.2, -0.15) is 0 Å². The molecule has 1 aliphatic rings. The molecule has 0 bridgehead atoms. The Morgan fingerprint density at radius 1 is 1.04 bits per heavy atom. The van der Waals surface area contributed by atoms with E-state index in [1.54, 1.807) is 19.2 Å². The predicted octanol–water partition coefficient (Wildman–Crippen LogP) is 2.44. The Hall–Kier alpha value is -2.89. The predicted molar refractivity (Wildman–Crippen MR) is 100 cm³/mol. The largest absolute Gasteiger partial charge is 0.508 e. The molecular weight excluding hydrogens is 332 g/mol. The van der Waals surface area contributed by atoms with Crippen molar-refractivity contribution in [1.29, 1.82) is 0 Å². The van der Waals surface area contributed by atoms with Gasteiger partial charge in [0, 0.05) is 31.9 Å². The Balaban J connectivity index is 1.52. The summed E-state index contributed by atoms with van der Waals surface area (Å²) in [4.78, 5) is 16.5. The van der Waals surface area contributed by atoms with Crippen molar-refractivity contribution in [3.05, 3.63) is 48.0 Å². The van der Waals surface area contributed by atoms with Gasteiger partial charge in [-0.3, -0.25) is 4.79 Å². The van der Waals surface area contributed by atoms with Gasteiger partial charge in [-0.05, 0) is 48.9 Å². The molecule has 0 aliphatic carbocycles. The highest BCUT2D eigenvalue weighted by Gasteiger charge is 2.22. The highest BCUT2D eigenvalue weighted by molar-refractivity contribution is 5.78. The number of hydrogen-bond acceptors (Lipinski definition) is 5. The van der Waals surface area contributed by atoms with E-state index in [1.807, 2.05) is 42.2 Å². The van der Waals surface area contributed by atoms with Crippen molar-refractivity contribution < 1.29 is 19.4 Å². The van der Waals surface area contributed by atoms with Crippen LogP contribution in [0, 0.1) is 6.92 Å². The molecule has 1 saturated heterocycles. The van der Waals surface area contributed by atoms with Crippen LogP contribution in [-0.2, 0) is 4.79 Å². The van der Waals surface area contributed by atoms with Gasteiger partial charge in [0.2, 0.25) is 0 Å². The lowest BCUT2D eigenvalue weighted by Crippen LogP contribution is -2.50. The molecule has 2 aromatic rings. The third kappa shape index (κ3) is 4.20. The fraction of sp³-hybridized carbons (Fsp3) is 0.350. The van der Waals surface area contributed by atoms with Gasteiger partial charge >= 0.3 is 0 Å². The molecule has 6 nitrogen and oxygen atoms in total. The lowest BCUT2D eigenvalue weighted by molar-refractivity contribution is -0.133. The Kier molecular flexibility index (Phi) is 5.51. The lowest BCUT2D eigenvalue weighted by atomic mass is 10.2. The summed E-state index contributed by atoms with van der Waals surface area (Å²) in [6.07, 6.45) is 0. The molecule has 3 rings (SSSR count). The number of benzene rings is 2. The molecule has 1 aliphatic heterocycles. The summed E-state index contributed by atoms with van der Waals surface area (Å²) in [6, 6.07) is 12.8. The summed E-state index contributed by atoms with van der Waals surface area (Å²) >= 11 is 0. The van der Waals surface area contributed by atoms with Crippen LogP contribution in [0.5, 0.6) is 17.2 Å². The molecule has 2 aromatic carbocycles. The first-order valence-electron chi connectivity index (χ1n) is 8.66. The lowest BCUT2D eigenvalue weighted by Gasteiger charge is -2.36. The topological polar surface area (TPSA) is 62.2 Å². The van der Waals surface area contributed by atoms with E-state index >= 15 is 0 Å². The molecule has 0 spiro atoms. The first kappa shape index (κ1) is 17.9. The van der Waals surface area contributed by atoms with Crippen LogP contribution in [0.15, 0.2) is 42.5 Å². The maximum Gasteiger partial charge on any atom is 0.260 e. The normalized spacial score (nSPS) is 14.2. The van der Waals surface area contributed by atoms with Crippen molar-refractivity contribution in [2.24, 2.45) is 0 Å². The molecule has 138 valence electrons. The highest BCUT2D eigenvalue weighted by atomic mass is 16.5. The van der Waals surface area contributed by atoms with E-state index in [-0.39, 0.29) is 18.3 Å². The van der Waals surface area contributed by atoms with E-state index in [0.717, 1.165) is 24.3 Å². The first-order chi connectivity index (χ1) is 12.6. The van der Waals surface area contributed by atoms with Gasteiger partial charge in [0.15, 0.2) is 18.1 Å². The van der Waals surface area contributed by atoms with Gasteiger partial charge in [-0.1, -0.05) is 6.07 Å². The number of nitrogens with zero attached hydrogens (tertiary/aromatic N) is 2. The molecule has 1 amide bonds. The first-order valence-corrected chi connectivity index (χ1v) is 8.66. The van der Waals surface area contributed by atoms with E-state index in [0.29, 0.717) is 24.6 Å². The second-order valence-corrected chi connectivity index (χ2v) is 6.33. The Morgan fingerprint density at radius 2 is 1.73 bits per heavy atom. The number of rotatable bonds is 5. The quantitative estimate of drug-likeness (QED) is 0.892. The minimum absolute atomic E-state index is 0.00136. The number of aryl methyl sites for hydroxylation is 1. The molecule has 1 N–H and O–H groups in total. The Labute approximate surface area is 153 Å². The molecule has 6 heteroatoms. The molecule has 1 heterocycles. The Morgan fingerprint density at radius 3 is 2.38 bits per heavy atom. The van der Waals surface area contributed by atoms with E-state index in [2.05, 4.69) is 4.90 Å². The minimum atomic E-state index is -0.0296. The highest BCUT2D eigenvalue weighted by Crippen LogP contribution is 2.27. The van der Waals surface area contributed by atoms with E-state index < -0.39 is 0 Å². The van der Waals surface area contributed by atoms with Gasteiger partial charge in [0.05, 0.1) is 7.11 Å². The monoisotopic (exact) mass is 356 g/mol. The van der Waals surface area contributed by atoms with Crippen molar-refractivity contribution in [1.82, 2.24) is 4.90 Å². The van der Waals surface area contributed by atoms with Crippen LogP contribution < -0.4 is 14.4 Å². The number of amides is 1. The standard InChI is InChI=1S/C20H24N2O4/c1-15-3-8-18(19(13-15)25-2)26-14-20(24)22-11-9-21(10-12-22)16-4-6-17(23)7-5-16/h3-8,13,23H,9-12,14H2,1-2H3. The molecule has 0 radical (unpaired) electrons. The number of piperazine rings is 1. The molecule has 0 unspecified atom stereocenters. The molecule has 26 heavy (non-hydrogen) atoms. The SMILES string of the molecule is COc1cc(C)ccc1OCC(=O)N1CCN(c2ccc(O)cc2)CC1. The van der Waals surface area contributed by atoms with Crippen molar-refractivity contribution in [3.63, 3.8) is 0 Å². The van der Waals surface area contributed by atoms with Crippen molar-refractivity contribution in [3.8, 4) is 17.2 Å². The fourth-order valence-corrected chi connectivity index (χ4v) is 3.00. The smallest absolute Gasteiger partial charge is 0.260 e. The average molecular weight is 356 g/mol. The Bertz CT molecular complexity index is 753. The third-order valence-corrected chi connectivity index (χ3v) is 4.52. The summed E-state index contributed by atoms with van der Waals surface area (Å²) in [6.45, 7) is 4.78. The van der Waals surface area contributed by atoms with Crippen LogP contribution in [0.4, 0.5) is 5.69 Å².